The second-order valence-electron chi connectivity index (χ2n) is 4.72. The molecule has 0 unspecified atom stereocenters. The lowest BCUT2D eigenvalue weighted by Gasteiger charge is -2.42. The largest absolute Gasteiger partial charge is 0.399 e. The van der Waals surface area contributed by atoms with Gasteiger partial charge in [0.15, 0.2) is 0 Å². The van der Waals surface area contributed by atoms with Gasteiger partial charge in [0.2, 0.25) is 0 Å². The Bertz CT molecular complexity index is 548. The summed E-state index contributed by atoms with van der Waals surface area (Å²) in [7, 11) is 0. The minimum absolute atomic E-state index is 0.649. The Morgan fingerprint density at radius 1 is 1.06 bits per heavy atom. The summed E-state index contributed by atoms with van der Waals surface area (Å²) in [5.74, 6) is 0.649. The molecule has 0 aromatic heterocycles. The van der Waals surface area contributed by atoms with Crippen LogP contribution < -0.4 is 10.6 Å². The highest BCUT2D eigenvalue weighted by Crippen LogP contribution is 2.36. The minimum Gasteiger partial charge on any atom is -0.399 e. The summed E-state index contributed by atoms with van der Waals surface area (Å²) in [4.78, 5) is 2.38. The third-order valence-electron chi connectivity index (χ3n) is 3.46. The molecule has 0 bridgehead atoms. The molecule has 1 saturated heterocycles. The predicted octanol–water partition coefficient (Wildman–Crippen LogP) is 3.64. The first-order valence-corrected chi connectivity index (χ1v) is 6.88. The Balaban J connectivity index is 1.72. The van der Waals surface area contributed by atoms with Crippen LogP contribution in [0.5, 0.6) is 0 Å². The lowest BCUT2D eigenvalue weighted by atomic mass is 9.91. The van der Waals surface area contributed by atoms with E-state index in [1.165, 1.54) is 11.3 Å². The van der Waals surface area contributed by atoms with Crippen LogP contribution in [0.1, 0.15) is 11.5 Å². The Morgan fingerprint density at radius 3 is 2.44 bits per heavy atom. The lowest BCUT2D eigenvalue weighted by molar-refractivity contribution is 0.524. The van der Waals surface area contributed by atoms with E-state index in [0.717, 1.165) is 23.2 Å². The van der Waals surface area contributed by atoms with Gasteiger partial charge in [0.25, 0.3) is 0 Å². The van der Waals surface area contributed by atoms with Crippen LogP contribution in [0.15, 0.2) is 53.0 Å². The Labute approximate surface area is 116 Å². The van der Waals surface area contributed by atoms with Crippen molar-refractivity contribution in [3.8, 4) is 0 Å². The fourth-order valence-corrected chi connectivity index (χ4v) is 3.04. The molecule has 0 radical (unpaired) electrons. The third-order valence-corrected chi connectivity index (χ3v) is 4.10. The highest BCUT2D eigenvalue weighted by atomic mass is 79.9. The number of hydrogen-bond donors (Lipinski definition) is 1. The van der Waals surface area contributed by atoms with Gasteiger partial charge in [-0.3, -0.25) is 0 Å². The van der Waals surface area contributed by atoms with E-state index in [2.05, 4.69) is 57.2 Å². The lowest BCUT2D eigenvalue weighted by Crippen LogP contribution is -2.45. The molecular weight excluding hydrogens is 288 g/mol. The number of nitrogens with zero attached hydrogens (tertiary/aromatic N) is 1. The fraction of sp³-hybridized carbons (Fsp3) is 0.200. The minimum atomic E-state index is 0.649. The van der Waals surface area contributed by atoms with E-state index in [4.69, 9.17) is 5.73 Å². The normalized spacial score (nSPS) is 15.5. The van der Waals surface area contributed by atoms with Crippen molar-refractivity contribution in [2.75, 3.05) is 23.7 Å². The van der Waals surface area contributed by atoms with Gasteiger partial charge in [0, 0.05) is 29.2 Å². The molecule has 0 saturated carbocycles. The molecule has 2 nitrogen and oxygen atoms in total. The Hall–Kier alpha value is -1.48. The zero-order chi connectivity index (χ0) is 12.5. The number of nitrogen functional groups attached to an aromatic ring is 1. The molecule has 1 fully saturated rings. The van der Waals surface area contributed by atoms with E-state index >= 15 is 0 Å². The molecular formula is C15H15BrN2. The standard InChI is InChI=1S/C15H15BrN2/c16-14-8-13(17)6-7-15(14)18-9-12(10-18)11-4-2-1-3-5-11/h1-8,12H,9-10,17H2. The number of halogens is 1. The third kappa shape index (κ3) is 2.10. The highest BCUT2D eigenvalue weighted by molar-refractivity contribution is 9.10. The predicted molar refractivity (Wildman–Crippen MR) is 80.0 cm³/mol. The van der Waals surface area contributed by atoms with Gasteiger partial charge in [0.1, 0.15) is 0 Å². The SMILES string of the molecule is Nc1ccc(N2CC(c3ccccc3)C2)c(Br)c1. The molecule has 2 aromatic carbocycles. The van der Waals surface area contributed by atoms with Crippen molar-refractivity contribution in [3.05, 3.63) is 58.6 Å². The van der Waals surface area contributed by atoms with Crippen LogP contribution >= 0.6 is 15.9 Å². The molecule has 1 aliphatic rings. The molecule has 2 aromatic rings. The summed E-state index contributed by atoms with van der Waals surface area (Å²) in [6.07, 6.45) is 0. The van der Waals surface area contributed by atoms with Gasteiger partial charge in [0.05, 0.1) is 5.69 Å². The number of rotatable bonds is 2. The van der Waals surface area contributed by atoms with Crippen LogP contribution in [-0.2, 0) is 0 Å². The van der Waals surface area contributed by atoms with Crippen molar-refractivity contribution in [1.82, 2.24) is 0 Å². The van der Waals surface area contributed by atoms with Gasteiger partial charge in [-0.1, -0.05) is 30.3 Å². The van der Waals surface area contributed by atoms with Crippen LogP contribution in [0.2, 0.25) is 0 Å². The molecule has 0 amide bonds. The first-order valence-electron chi connectivity index (χ1n) is 6.09. The molecule has 3 heteroatoms. The fourth-order valence-electron chi connectivity index (χ4n) is 2.39. The number of benzene rings is 2. The Morgan fingerprint density at radius 2 is 1.78 bits per heavy atom. The summed E-state index contributed by atoms with van der Waals surface area (Å²) in [6.45, 7) is 2.15. The molecule has 92 valence electrons. The smallest absolute Gasteiger partial charge is 0.0512 e. The monoisotopic (exact) mass is 302 g/mol. The molecule has 0 spiro atoms. The molecule has 0 aliphatic carbocycles. The number of nitrogens with two attached hydrogens (primary N) is 1. The summed E-state index contributed by atoms with van der Waals surface area (Å²) in [5.41, 5.74) is 9.22. The molecule has 1 aliphatic heterocycles. The van der Waals surface area contributed by atoms with Gasteiger partial charge in [-0.25, -0.2) is 0 Å². The molecule has 0 atom stereocenters. The van der Waals surface area contributed by atoms with Crippen LogP contribution in [-0.4, -0.2) is 13.1 Å². The second kappa shape index (κ2) is 4.65. The van der Waals surface area contributed by atoms with E-state index in [1.54, 1.807) is 0 Å². The van der Waals surface area contributed by atoms with Crippen LogP contribution in [0.25, 0.3) is 0 Å². The van der Waals surface area contributed by atoms with E-state index in [1.807, 2.05) is 12.1 Å². The van der Waals surface area contributed by atoms with Crippen LogP contribution in [0.3, 0.4) is 0 Å². The highest BCUT2D eigenvalue weighted by Gasteiger charge is 2.28. The van der Waals surface area contributed by atoms with E-state index in [-0.39, 0.29) is 0 Å². The number of hydrogen-bond acceptors (Lipinski definition) is 2. The zero-order valence-electron chi connectivity index (χ0n) is 10.0. The first-order chi connectivity index (χ1) is 8.74. The second-order valence-corrected chi connectivity index (χ2v) is 5.58. The van der Waals surface area contributed by atoms with Gasteiger partial charge < -0.3 is 10.6 Å². The summed E-state index contributed by atoms with van der Waals surface area (Å²) >= 11 is 3.58. The van der Waals surface area contributed by atoms with Crippen LogP contribution in [0, 0.1) is 0 Å². The number of anilines is 2. The van der Waals surface area contributed by atoms with Crippen molar-refractivity contribution < 1.29 is 0 Å². The van der Waals surface area contributed by atoms with Gasteiger partial charge in [-0.2, -0.15) is 0 Å². The van der Waals surface area contributed by atoms with Gasteiger partial charge in [-0.15, -0.1) is 0 Å². The average Bonchev–Trinajstić information content (AvgIpc) is 2.31. The Kier molecular flexibility index (Phi) is 3.00. The van der Waals surface area contributed by atoms with Gasteiger partial charge in [-0.05, 0) is 39.7 Å². The molecule has 1 heterocycles. The first kappa shape index (κ1) is 11.6. The van der Waals surface area contributed by atoms with Crippen molar-refractivity contribution in [1.29, 1.82) is 0 Å². The topological polar surface area (TPSA) is 29.3 Å². The average molecular weight is 303 g/mol. The van der Waals surface area contributed by atoms with E-state index < -0.39 is 0 Å². The van der Waals surface area contributed by atoms with Crippen molar-refractivity contribution in [2.45, 2.75) is 5.92 Å². The summed E-state index contributed by atoms with van der Waals surface area (Å²) in [5, 5.41) is 0. The molecule has 2 N–H and O–H groups in total. The van der Waals surface area contributed by atoms with Crippen LogP contribution in [0.4, 0.5) is 11.4 Å². The maximum absolute atomic E-state index is 5.76. The summed E-state index contributed by atoms with van der Waals surface area (Å²) < 4.78 is 1.08. The van der Waals surface area contributed by atoms with Crippen molar-refractivity contribution in [3.63, 3.8) is 0 Å². The van der Waals surface area contributed by atoms with E-state index in [0.29, 0.717) is 5.92 Å². The molecule has 3 rings (SSSR count). The van der Waals surface area contributed by atoms with Gasteiger partial charge >= 0.3 is 0 Å². The molecule has 18 heavy (non-hydrogen) atoms. The van der Waals surface area contributed by atoms with Crippen molar-refractivity contribution >= 4 is 27.3 Å². The maximum Gasteiger partial charge on any atom is 0.0512 e. The maximum atomic E-state index is 5.76. The zero-order valence-corrected chi connectivity index (χ0v) is 11.6. The quantitative estimate of drug-likeness (QED) is 0.858. The van der Waals surface area contributed by atoms with E-state index in [9.17, 15) is 0 Å². The van der Waals surface area contributed by atoms with Crippen molar-refractivity contribution in [2.24, 2.45) is 0 Å². The summed E-state index contributed by atoms with van der Waals surface area (Å²) in [6, 6.07) is 16.7.